The molecule has 0 aliphatic carbocycles. The molecule has 0 radical (unpaired) electrons. The summed E-state index contributed by atoms with van der Waals surface area (Å²) in [5, 5.41) is 8.46. The molecule has 0 amide bonds. The van der Waals surface area contributed by atoms with Gasteiger partial charge in [0.25, 0.3) is 0 Å². The molecule has 0 aromatic heterocycles. The van der Waals surface area contributed by atoms with Gasteiger partial charge in [0.1, 0.15) is 5.75 Å². The lowest BCUT2D eigenvalue weighted by molar-refractivity contribution is 0.411. The van der Waals surface area contributed by atoms with Crippen molar-refractivity contribution in [2.45, 2.75) is 13.3 Å². The van der Waals surface area contributed by atoms with E-state index >= 15 is 0 Å². The fourth-order valence-corrected chi connectivity index (χ4v) is 1.14. The third-order valence-corrected chi connectivity index (χ3v) is 1.74. The van der Waals surface area contributed by atoms with Crippen LogP contribution in [-0.4, -0.2) is 7.11 Å². The molecule has 0 fully saturated rings. The van der Waals surface area contributed by atoms with E-state index in [2.05, 4.69) is 6.07 Å². The summed E-state index contributed by atoms with van der Waals surface area (Å²) >= 11 is 0. The highest BCUT2D eigenvalue weighted by atomic mass is 16.5. The number of nitriles is 1. The molecule has 2 heteroatoms. The second kappa shape index (κ2) is 3.77. The fraction of sp³-hybridized carbons (Fsp3) is 0.300. The van der Waals surface area contributed by atoms with Crippen LogP contribution in [0.25, 0.3) is 0 Å². The Morgan fingerprint density at radius 3 is 2.75 bits per heavy atom. The van der Waals surface area contributed by atoms with Crippen LogP contribution in [0.4, 0.5) is 0 Å². The second-order valence-corrected chi connectivity index (χ2v) is 2.64. The number of hydrogen-bond donors (Lipinski definition) is 0. The quantitative estimate of drug-likeness (QED) is 0.665. The summed E-state index contributed by atoms with van der Waals surface area (Å²) in [6.07, 6.45) is 0.463. The number of rotatable bonds is 2. The first-order chi connectivity index (χ1) is 5.77. The molecular formula is C10H11NO. The Hall–Kier alpha value is -1.49. The molecule has 0 N–H and O–H groups in total. The van der Waals surface area contributed by atoms with Gasteiger partial charge in [-0.3, -0.25) is 0 Å². The molecular weight excluding hydrogens is 150 g/mol. The standard InChI is InChI=1S/C10H11NO/c1-8-7-9(5-6-11)3-4-10(8)12-2/h3-4,7H,5H2,1-2H3. The maximum absolute atomic E-state index is 8.46. The van der Waals surface area contributed by atoms with Gasteiger partial charge in [0.2, 0.25) is 0 Å². The highest BCUT2D eigenvalue weighted by Gasteiger charge is 1.98. The van der Waals surface area contributed by atoms with E-state index in [1.54, 1.807) is 7.11 Å². The molecule has 0 aliphatic rings. The highest BCUT2D eigenvalue weighted by molar-refractivity contribution is 5.36. The van der Waals surface area contributed by atoms with Gasteiger partial charge < -0.3 is 4.74 Å². The molecule has 1 rings (SSSR count). The zero-order valence-corrected chi connectivity index (χ0v) is 7.29. The zero-order chi connectivity index (χ0) is 8.97. The Balaban J connectivity index is 2.95. The van der Waals surface area contributed by atoms with E-state index in [1.807, 2.05) is 25.1 Å². The number of nitrogens with zero attached hydrogens (tertiary/aromatic N) is 1. The van der Waals surface area contributed by atoms with Crippen molar-refractivity contribution in [2.75, 3.05) is 7.11 Å². The van der Waals surface area contributed by atoms with Crippen molar-refractivity contribution in [2.24, 2.45) is 0 Å². The predicted octanol–water partition coefficient (Wildman–Crippen LogP) is 2.07. The number of benzene rings is 1. The summed E-state index contributed by atoms with van der Waals surface area (Å²) in [5.74, 6) is 0.872. The van der Waals surface area contributed by atoms with Crippen LogP contribution < -0.4 is 4.74 Å². The predicted molar refractivity (Wildman–Crippen MR) is 47.0 cm³/mol. The van der Waals surface area contributed by atoms with Gasteiger partial charge in [0.05, 0.1) is 19.6 Å². The Morgan fingerprint density at radius 1 is 1.50 bits per heavy atom. The lowest BCUT2D eigenvalue weighted by atomic mass is 10.1. The van der Waals surface area contributed by atoms with E-state index in [-0.39, 0.29) is 0 Å². The minimum Gasteiger partial charge on any atom is -0.496 e. The molecule has 2 nitrogen and oxygen atoms in total. The summed E-state index contributed by atoms with van der Waals surface area (Å²) in [6, 6.07) is 7.88. The molecule has 0 aliphatic heterocycles. The molecule has 1 aromatic carbocycles. The summed E-state index contributed by atoms with van der Waals surface area (Å²) in [6.45, 7) is 1.97. The zero-order valence-electron chi connectivity index (χ0n) is 7.29. The lowest BCUT2D eigenvalue weighted by Crippen LogP contribution is -1.89. The maximum atomic E-state index is 8.46. The van der Waals surface area contributed by atoms with E-state index in [4.69, 9.17) is 10.00 Å². The average Bonchev–Trinajstić information content (AvgIpc) is 2.05. The van der Waals surface area contributed by atoms with Crippen molar-refractivity contribution in [1.82, 2.24) is 0 Å². The highest BCUT2D eigenvalue weighted by Crippen LogP contribution is 2.18. The van der Waals surface area contributed by atoms with Crippen molar-refractivity contribution >= 4 is 0 Å². The minimum atomic E-state index is 0.463. The summed E-state index contributed by atoms with van der Waals surface area (Å²) in [7, 11) is 1.65. The van der Waals surface area contributed by atoms with E-state index in [0.29, 0.717) is 6.42 Å². The van der Waals surface area contributed by atoms with Crippen LogP contribution in [0.5, 0.6) is 5.75 Å². The molecule has 0 heterocycles. The molecule has 0 saturated heterocycles. The van der Waals surface area contributed by atoms with Crippen LogP contribution >= 0.6 is 0 Å². The SMILES string of the molecule is COc1ccc(CC#N)cc1C. The van der Waals surface area contributed by atoms with Crippen molar-refractivity contribution in [1.29, 1.82) is 5.26 Å². The number of ether oxygens (including phenoxy) is 1. The van der Waals surface area contributed by atoms with Gasteiger partial charge in [0, 0.05) is 0 Å². The van der Waals surface area contributed by atoms with Crippen molar-refractivity contribution in [3.8, 4) is 11.8 Å². The maximum Gasteiger partial charge on any atom is 0.121 e. The Morgan fingerprint density at radius 2 is 2.25 bits per heavy atom. The molecule has 62 valence electrons. The first-order valence-electron chi connectivity index (χ1n) is 3.78. The van der Waals surface area contributed by atoms with E-state index in [1.165, 1.54) is 0 Å². The van der Waals surface area contributed by atoms with E-state index in [9.17, 15) is 0 Å². The first-order valence-corrected chi connectivity index (χ1v) is 3.78. The topological polar surface area (TPSA) is 33.0 Å². The van der Waals surface area contributed by atoms with Crippen LogP contribution in [0, 0.1) is 18.3 Å². The molecule has 0 saturated carbocycles. The fourth-order valence-electron chi connectivity index (χ4n) is 1.14. The van der Waals surface area contributed by atoms with Crippen LogP contribution in [-0.2, 0) is 6.42 Å². The Bertz CT molecular complexity index is 312. The van der Waals surface area contributed by atoms with E-state index in [0.717, 1.165) is 16.9 Å². The van der Waals surface area contributed by atoms with Gasteiger partial charge in [-0.15, -0.1) is 0 Å². The van der Waals surface area contributed by atoms with Gasteiger partial charge >= 0.3 is 0 Å². The minimum absolute atomic E-state index is 0.463. The molecule has 12 heavy (non-hydrogen) atoms. The van der Waals surface area contributed by atoms with Crippen LogP contribution in [0.3, 0.4) is 0 Å². The number of hydrogen-bond acceptors (Lipinski definition) is 2. The summed E-state index contributed by atoms with van der Waals surface area (Å²) in [5.41, 5.74) is 2.11. The van der Waals surface area contributed by atoms with Gasteiger partial charge in [-0.2, -0.15) is 5.26 Å². The van der Waals surface area contributed by atoms with Crippen molar-refractivity contribution in [3.63, 3.8) is 0 Å². The van der Waals surface area contributed by atoms with Crippen molar-refractivity contribution in [3.05, 3.63) is 29.3 Å². The monoisotopic (exact) mass is 161 g/mol. The first kappa shape index (κ1) is 8.61. The average molecular weight is 161 g/mol. The third kappa shape index (κ3) is 1.76. The third-order valence-electron chi connectivity index (χ3n) is 1.74. The van der Waals surface area contributed by atoms with Gasteiger partial charge in [-0.05, 0) is 24.1 Å². The number of methoxy groups -OCH3 is 1. The molecule has 0 atom stereocenters. The second-order valence-electron chi connectivity index (χ2n) is 2.64. The van der Waals surface area contributed by atoms with Crippen LogP contribution in [0.15, 0.2) is 18.2 Å². The largest absolute Gasteiger partial charge is 0.496 e. The molecule has 1 aromatic rings. The summed E-state index contributed by atoms with van der Waals surface area (Å²) < 4.78 is 5.10. The Labute approximate surface area is 72.4 Å². The van der Waals surface area contributed by atoms with Crippen LogP contribution in [0.1, 0.15) is 11.1 Å². The van der Waals surface area contributed by atoms with E-state index < -0.39 is 0 Å². The van der Waals surface area contributed by atoms with Crippen LogP contribution in [0.2, 0.25) is 0 Å². The van der Waals surface area contributed by atoms with Gasteiger partial charge in [0.15, 0.2) is 0 Å². The molecule has 0 unspecified atom stereocenters. The summed E-state index contributed by atoms with van der Waals surface area (Å²) in [4.78, 5) is 0. The van der Waals surface area contributed by atoms with Gasteiger partial charge in [-0.25, -0.2) is 0 Å². The number of aryl methyl sites for hydroxylation is 1. The Kier molecular flexibility index (Phi) is 2.71. The van der Waals surface area contributed by atoms with Crippen molar-refractivity contribution < 1.29 is 4.74 Å². The van der Waals surface area contributed by atoms with Gasteiger partial charge in [-0.1, -0.05) is 12.1 Å². The lowest BCUT2D eigenvalue weighted by Gasteiger charge is -2.04. The normalized spacial score (nSPS) is 9.08. The molecule has 0 bridgehead atoms. The molecule has 0 spiro atoms. The smallest absolute Gasteiger partial charge is 0.121 e.